The molecule has 0 aliphatic heterocycles. The number of methoxy groups -OCH3 is 3. The Morgan fingerprint density at radius 3 is 2.52 bits per heavy atom. The van der Waals surface area contributed by atoms with E-state index >= 15 is 0 Å². The zero-order valence-corrected chi connectivity index (χ0v) is 25.9. The zero-order chi connectivity index (χ0) is 30.6. The molecule has 44 heavy (non-hydrogen) atoms. The Balaban J connectivity index is 1.14. The van der Waals surface area contributed by atoms with E-state index in [4.69, 9.17) is 24.9 Å². The van der Waals surface area contributed by atoms with Crippen molar-refractivity contribution in [1.82, 2.24) is 15.0 Å². The standard InChI is InChI=1S/C32H30N6O4S2/c1-40-25-14-21(15-26(41-2)28(25)42-3)36-32-38-30(33)29(44-32)31-37-24(17-43-31)18-7-6-8-20(13-18)35-27(39)12-11-19-16-34-23-10-5-4-9-22(19)23/h4-10,13-17,34H,11-12,33H2,1-3H3,(H,35,39)(H,36,38). The summed E-state index contributed by atoms with van der Waals surface area (Å²) in [5.41, 5.74) is 11.6. The highest BCUT2D eigenvalue weighted by molar-refractivity contribution is 7.23. The molecular weight excluding hydrogens is 597 g/mol. The minimum absolute atomic E-state index is 0.0454. The molecule has 1 amide bonds. The lowest BCUT2D eigenvalue weighted by Crippen LogP contribution is -2.12. The maximum absolute atomic E-state index is 12.8. The Bertz CT molecular complexity index is 1920. The van der Waals surface area contributed by atoms with Crippen molar-refractivity contribution in [1.29, 1.82) is 0 Å². The van der Waals surface area contributed by atoms with Gasteiger partial charge < -0.3 is 35.6 Å². The number of rotatable bonds is 11. The maximum atomic E-state index is 12.8. The first-order valence-corrected chi connectivity index (χ1v) is 15.4. The molecule has 0 saturated carbocycles. The van der Waals surface area contributed by atoms with Crippen LogP contribution in [-0.4, -0.2) is 42.2 Å². The van der Waals surface area contributed by atoms with E-state index < -0.39 is 0 Å². The third kappa shape index (κ3) is 6.03. The maximum Gasteiger partial charge on any atom is 0.224 e. The molecule has 0 radical (unpaired) electrons. The third-order valence-electron chi connectivity index (χ3n) is 7.01. The van der Waals surface area contributed by atoms with Crippen molar-refractivity contribution in [3.05, 3.63) is 77.8 Å². The third-order valence-corrected chi connectivity index (χ3v) is 8.99. The van der Waals surface area contributed by atoms with Gasteiger partial charge in [-0.25, -0.2) is 9.97 Å². The number of aryl methyl sites for hydroxylation is 1. The van der Waals surface area contributed by atoms with Gasteiger partial charge >= 0.3 is 0 Å². The van der Waals surface area contributed by atoms with E-state index in [1.165, 1.54) is 22.7 Å². The summed E-state index contributed by atoms with van der Waals surface area (Å²) in [4.78, 5) is 26.1. The van der Waals surface area contributed by atoms with E-state index in [0.29, 0.717) is 46.7 Å². The molecule has 0 fully saturated rings. The number of carbonyl (C=O) groups is 1. The van der Waals surface area contributed by atoms with E-state index in [9.17, 15) is 4.79 Å². The van der Waals surface area contributed by atoms with Crippen LogP contribution < -0.4 is 30.6 Å². The number of nitrogens with zero attached hydrogens (tertiary/aromatic N) is 2. The molecule has 0 spiro atoms. The molecular formula is C32H30N6O4S2. The van der Waals surface area contributed by atoms with Gasteiger partial charge in [0.15, 0.2) is 16.6 Å². The summed E-state index contributed by atoms with van der Waals surface area (Å²) in [7, 11) is 4.69. The Kier molecular flexibility index (Phi) is 8.35. The Morgan fingerprint density at radius 1 is 0.955 bits per heavy atom. The Hall–Kier alpha value is -5.07. The first-order chi connectivity index (χ1) is 21.4. The van der Waals surface area contributed by atoms with Gasteiger partial charge in [-0.05, 0) is 30.2 Å². The van der Waals surface area contributed by atoms with E-state index in [0.717, 1.165) is 43.3 Å². The number of nitrogens with two attached hydrogens (primary N) is 1. The number of aromatic nitrogens is 3. The van der Waals surface area contributed by atoms with Crippen LogP contribution in [0.25, 0.3) is 32.0 Å². The van der Waals surface area contributed by atoms with Crippen LogP contribution in [0.4, 0.5) is 22.3 Å². The number of aromatic amines is 1. The van der Waals surface area contributed by atoms with Gasteiger partial charge in [0, 0.05) is 58.0 Å². The summed E-state index contributed by atoms with van der Waals surface area (Å²) in [5, 5.41) is 10.8. The number of hydrogen-bond acceptors (Lipinski definition) is 10. The predicted octanol–water partition coefficient (Wildman–Crippen LogP) is 7.34. The molecule has 6 aromatic rings. The molecule has 0 atom stereocenters. The molecule has 3 aromatic heterocycles. The fourth-order valence-electron chi connectivity index (χ4n) is 4.89. The van der Waals surface area contributed by atoms with Crippen molar-refractivity contribution in [3.63, 3.8) is 0 Å². The summed E-state index contributed by atoms with van der Waals surface area (Å²) >= 11 is 2.88. The normalized spacial score (nSPS) is 11.0. The van der Waals surface area contributed by atoms with Crippen LogP contribution in [0.15, 0.2) is 72.2 Å². The summed E-state index contributed by atoms with van der Waals surface area (Å²) < 4.78 is 16.3. The quantitative estimate of drug-likeness (QED) is 0.117. The van der Waals surface area contributed by atoms with Crippen LogP contribution in [0.5, 0.6) is 17.2 Å². The second-order valence-corrected chi connectivity index (χ2v) is 11.7. The van der Waals surface area contributed by atoms with Crippen LogP contribution >= 0.6 is 22.7 Å². The summed E-state index contributed by atoms with van der Waals surface area (Å²) in [6.07, 6.45) is 3.00. The minimum Gasteiger partial charge on any atom is -0.493 e. The highest BCUT2D eigenvalue weighted by Gasteiger charge is 2.18. The van der Waals surface area contributed by atoms with Gasteiger partial charge in [0.2, 0.25) is 11.7 Å². The Labute approximate surface area is 261 Å². The number of amides is 1. The number of thiazole rings is 2. The molecule has 0 bridgehead atoms. The van der Waals surface area contributed by atoms with Gasteiger partial charge in [-0.1, -0.05) is 41.7 Å². The topological polar surface area (TPSA) is 136 Å². The number of fused-ring (bicyclic) bond motifs is 1. The molecule has 3 aromatic carbocycles. The molecule has 6 rings (SSSR count). The number of carbonyl (C=O) groups excluding carboxylic acids is 1. The molecule has 0 aliphatic rings. The monoisotopic (exact) mass is 626 g/mol. The summed E-state index contributed by atoms with van der Waals surface area (Å²) in [6, 6.07) is 19.4. The first kappa shape index (κ1) is 29.0. The number of hydrogen-bond donors (Lipinski definition) is 4. The second-order valence-electron chi connectivity index (χ2n) is 9.80. The van der Waals surface area contributed by atoms with E-state index in [2.05, 4.69) is 26.7 Å². The number of para-hydroxylation sites is 1. The average molecular weight is 627 g/mol. The van der Waals surface area contributed by atoms with Crippen molar-refractivity contribution >= 4 is 61.8 Å². The van der Waals surface area contributed by atoms with Crippen molar-refractivity contribution < 1.29 is 19.0 Å². The van der Waals surface area contributed by atoms with Crippen LogP contribution in [-0.2, 0) is 11.2 Å². The molecule has 10 nitrogen and oxygen atoms in total. The second kappa shape index (κ2) is 12.7. The number of H-pyrrole nitrogens is 1. The lowest BCUT2D eigenvalue weighted by atomic mass is 10.1. The van der Waals surface area contributed by atoms with Crippen molar-refractivity contribution in [2.24, 2.45) is 0 Å². The summed E-state index contributed by atoms with van der Waals surface area (Å²) in [6.45, 7) is 0. The van der Waals surface area contributed by atoms with Crippen molar-refractivity contribution in [2.75, 3.05) is 37.7 Å². The fourth-order valence-corrected chi connectivity index (χ4v) is 6.73. The smallest absolute Gasteiger partial charge is 0.224 e. The van der Waals surface area contributed by atoms with Crippen LogP contribution in [0.1, 0.15) is 12.0 Å². The fraction of sp³-hybridized carbons (Fsp3) is 0.156. The minimum atomic E-state index is -0.0454. The van der Waals surface area contributed by atoms with Crippen molar-refractivity contribution in [3.8, 4) is 38.4 Å². The molecule has 0 saturated heterocycles. The number of nitrogens with one attached hydrogen (secondary N) is 3. The number of ether oxygens (including phenoxy) is 3. The van der Waals surface area contributed by atoms with E-state index in [1.807, 2.05) is 54.0 Å². The van der Waals surface area contributed by atoms with Crippen LogP contribution in [0, 0.1) is 0 Å². The van der Waals surface area contributed by atoms with Gasteiger partial charge in [-0.2, -0.15) is 0 Å². The highest BCUT2D eigenvalue weighted by atomic mass is 32.1. The predicted molar refractivity (Wildman–Crippen MR) is 178 cm³/mol. The van der Waals surface area contributed by atoms with Crippen LogP contribution in [0.2, 0.25) is 0 Å². The zero-order valence-electron chi connectivity index (χ0n) is 24.3. The van der Waals surface area contributed by atoms with E-state index in [-0.39, 0.29) is 5.91 Å². The summed E-state index contributed by atoms with van der Waals surface area (Å²) in [5.74, 6) is 1.88. The molecule has 12 heteroatoms. The molecule has 5 N–H and O–H groups in total. The lowest BCUT2D eigenvalue weighted by Gasteiger charge is -2.14. The van der Waals surface area contributed by atoms with E-state index in [1.54, 1.807) is 33.5 Å². The number of benzene rings is 3. The molecule has 224 valence electrons. The highest BCUT2D eigenvalue weighted by Crippen LogP contribution is 2.43. The number of nitrogen functional groups attached to an aromatic ring is 1. The van der Waals surface area contributed by atoms with Crippen molar-refractivity contribution in [2.45, 2.75) is 12.8 Å². The number of anilines is 4. The average Bonchev–Trinajstić information content (AvgIpc) is 3.78. The van der Waals surface area contributed by atoms with Gasteiger partial charge in [0.25, 0.3) is 0 Å². The molecule has 3 heterocycles. The largest absolute Gasteiger partial charge is 0.493 e. The van der Waals surface area contributed by atoms with Gasteiger partial charge in [0.05, 0.1) is 27.0 Å². The SMILES string of the molecule is COc1cc(Nc2nc(N)c(-c3nc(-c4cccc(NC(=O)CCc5c[nH]c6ccccc56)c4)cs3)s2)cc(OC)c1OC. The van der Waals surface area contributed by atoms with Gasteiger partial charge in [-0.3, -0.25) is 4.79 Å². The lowest BCUT2D eigenvalue weighted by molar-refractivity contribution is -0.116. The van der Waals surface area contributed by atoms with Crippen LogP contribution in [0.3, 0.4) is 0 Å². The first-order valence-electron chi connectivity index (χ1n) is 13.7. The Morgan fingerprint density at radius 2 is 1.75 bits per heavy atom. The molecule has 0 unspecified atom stereocenters. The van der Waals surface area contributed by atoms with Gasteiger partial charge in [-0.15, -0.1) is 11.3 Å². The molecule has 0 aliphatic carbocycles. The van der Waals surface area contributed by atoms with Gasteiger partial charge in [0.1, 0.15) is 15.7 Å².